The van der Waals surface area contributed by atoms with Crippen LogP contribution in [0, 0.1) is 0 Å². The van der Waals surface area contributed by atoms with E-state index in [-0.39, 0.29) is 0 Å². The highest BCUT2D eigenvalue weighted by molar-refractivity contribution is 5.96. The number of pyridine rings is 1. The van der Waals surface area contributed by atoms with Gasteiger partial charge >= 0.3 is 12.1 Å². The van der Waals surface area contributed by atoms with Gasteiger partial charge in [0.2, 0.25) is 5.89 Å². The number of rotatable bonds is 3. The molecule has 2 aromatic heterocycles. The van der Waals surface area contributed by atoms with E-state index in [2.05, 4.69) is 14.9 Å². The maximum absolute atomic E-state index is 11.5. The summed E-state index contributed by atoms with van der Waals surface area (Å²) in [7, 11) is 0. The van der Waals surface area contributed by atoms with Gasteiger partial charge in [0.05, 0.1) is 5.56 Å². The number of benzene rings is 1. The SMILES string of the molecule is O=C(NO)c1ccc2oc(-c3ccc(N4CCCC4)nc3)nc2c1.O=C(O)C(F)(F)F. The Labute approximate surface area is 173 Å². The van der Waals surface area contributed by atoms with Crippen LogP contribution in [0.4, 0.5) is 19.0 Å². The molecule has 1 fully saturated rings. The summed E-state index contributed by atoms with van der Waals surface area (Å²) in [4.78, 5) is 31.5. The molecule has 1 amide bonds. The number of carbonyl (C=O) groups excluding carboxylic acids is 1. The van der Waals surface area contributed by atoms with Gasteiger partial charge in [-0.2, -0.15) is 13.2 Å². The lowest BCUT2D eigenvalue weighted by Gasteiger charge is -2.15. The van der Waals surface area contributed by atoms with Gasteiger partial charge in [-0.1, -0.05) is 0 Å². The number of aliphatic carboxylic acids is 1. The minimum Gasteiger partial charge on any atom is -0.475 e. The van der Waals surface area contributed by atoms with Crippen LogP contribution in [0.5, 0.6) is 0 Å². The predicted octanol–water partition coefficient (Wildman–Crippen LogP) is 3.24. The minimum absolute atomic E-state index is 0.312. The lowest BCUT2D eigenvalue weighted by Crippen LogP contribution is -2.21. The number of nitrogens with zero attached hydrogens (tertiary/aromatic N) is 3. The molecule has 0 radical (unpaired) electrons. The summed E-state index contributed by atoms with van der Waals surface area (Å²) < 4.78 is 37.5. The van der Waals surface area contributed by atoms with Gasteiger partial charge in [0, 0.05) is 24.8 Å². The van der Waals surface area contributed by atoms with Crippen molar-refractivity contribution in [3.05, 3.63) is 42.1 Å². The molecule has 4 rings (SSSR count). The smallest absolute Gasteiger partial charge is 0.475 e. The first-order chi connectivity index (χ1) is 14.7. The fourth-order valence-corrected chi connectivity index (χ4v) is 2.90. The van der Waals surface area contributed by atoms with Crippen molar-refractivity contribution in [2.45, 2.75) is 19.0 Å². The van der Waals surface area contributed by atoms with Gasteiger partial charge in [0.25, 0.3) is 5.91 Å². The normalized spacial score (nSPS) is 13.6. The lowest BCUT2D eigenvalue weighted by molar-refractivity contribution is -0.192. The monoisotopic (exact) mass is 438 g/mol. The Morgan fingerprint density at radius 3 is 2.35 bits per heavy atom. The Kier molecular flexibility index (Phi) is 6.39. The van der Waals surface area contributed by atoms with Crippen LogP contribution in [-0.2, 0) is 4.79 Å². The van der Waals surface area contributed by atoms with Gasteiger partial charge in [-0.05, 0) is 43.2 Å². The quantitative estimate of drug-likeness (QED) is 0.420. The first-order valence-electron chi connectivity index (χ1n) is 9.05. The van der Waals surface area contributed by atoms with Crippen molar-refractivity contribution in [1.82, 2.24) is 15.4 Å². The third-order valence-electron chi connectivity index (χ3n) is 4.42. The number of oxazole rings is 1. The molecule has 12 heteroatoms. The number of anilines is 1. The Morgan fingerprint density at radius 2 is 1.81 bits per heavy atom. The number of hydrogen-bond acceptors (Lipinski definition) is 7. The fourth-order valence-electron chi connectivity index (χ4n) is 2.90. The van der Waals surface area contributed by atoms with Gasteiger partial charge in [-0.3, -0.25) is 10.0 Å². The zero-order valence-corrected chi connectivity index (χ0v) is 15.9. The van der Waals surface area contributed by atoms with Crippen LogP contribution >= 0.6 is 0 Å². The van der Waals surface area contributed by atoms with Crippen molar-refractivity contribution in [2.24, 2.45) is 0 Å². The second kappa shape index (κ2) is 9.00. The van der Waals surface area contributed by atoms with E-state index in [0.717, 1.165) is 24.5 Å². The number of hydroxylamine groups is 1. The van der Waals surface area contributed by atoms with E-state index >= 15 is 0 Å². The van der Waals surface area contributed by atoms with Crippen molar-refractivity contribution in [2.75, 3.05) is 18.0 Å². The van der Waals surface area contributed by atoms with Crippen molar-refractivity contribution < 1.29 is 37.5 Å². The molecule has 0 aliphatic carbocycles. The summed E-state index contributed by atoms with van der Waals surface area (Å²) in [5, 5.41) is 15.8. The van der Waals surface area contributed by atoms with Gasteiger partial charge in [0.15, 0.2) is 5.58 Å². The molecular formula is C19H17F3N4O5. The Balaban J connectivity index is 0.000000339. The third-order valence-corrected chi connectivity index (χ3v) is 4.42. The molecule has 3 aromatic rings. The summed E-state index contributed by atoms with van der Waals surface area (Å²) in [5.41, 5.74) is 3.82. The Morgan fingerprint density at radius 1 is 1.13 bits per heavy atom. The molecule has 3 heterocycles. The van der Waals surface area contributed by atoms with Crippen LogP contribution in [0.3, 0.4) is 0 Å². The number of carboxylic acid groups (broad SMARTS) is 1. The first-order valence-corrected chi connectivity index (χ1v) is 9.05. The lowest BCUT2D eigenvalue weighted by atomic mass is 10.2. The molecule has 1 aromatic carbocycles. The molecule has 1 aliphatic rings. The topological polar surface area (TPSA) is 129 Å². The number of fused-ring (bicyclic) bond motifs is 1. The fraction of sp³-hybridized carbons (Fsp3) is 0.263. The number of hydrogen-bond donors (Lipinski definition) is 3. The second-order valence-corrected chi connectivity index (χ2v) is 6.54. The maximum atomic E-state index is 11.5. The highest BCUT2D eigenvalue weighted by atomic mass is 19.4. The average molecular weight is 438 g/mol. The maximum Gasteiger partial charge on any atom is 0.490 e. The second-order valence-electron chi connectivity index (χ2n) is 6.54. The summed E-state index contributed by atoms with van der Waals surface area (Å²) in [6, 6.07) is 8.70. The zero-order valence-electron chi connectivity index (χ0n) is 15.9. The van der Waals surface area contributed by atoms with E-state index in [1.54, 1.807) is 29.9 Å². The standard InChI is InChI=1S/C17H16N4O3.C2HF3O2/c22-16(20-23)11-3-5-14-13(9-11)19-17(24-14)12-4-6-15(18-10-12)21-7-1-2-8-21;3-2(4,5)1(6)7/h3-6,9-10,23H,1-2,7-8H2,(H,20,22);(H,6,7). The highest BCUT2D eigenvalue weighted by Crippen LogP contribution is 2.26. The molecule has 0 unspecified atom stereocenters. The Bertz CT molecular complexity index is 1080. The predicted molar refractivity (Wildman–Crippen MR) is 102 cm³/mol. The van der Waals surface area contributed by atoms with Gasteiger partial charge in [-0.25, -0.2) is 20.2 Å². The number of nitrogens with one attached hydrogen (secondary N) is 1. The third kappa shape index (κ3) is 5.28. The van der Waals surface area contributed by atoms with Crippen LogP contribution in [-0.4, -0.2) is 51.4 Å². The van der Waals surface area contributed by atoms with Crippen molar-refractivity contribution in [1.29, 1.82) is 0 Å². The van der Waals surface area contributed by atoms with Crippen molar-refractivity contribution >= 4 is 28.8 Å². The molecule has 0 atom stereocenters. The summed E-state index contributed by atoms with van der Waals surface area (Å²) in [6.07, 6.45) is -0.920. The molecule has 31 heavy (non-hydrogen) atoms. The molecule has 3 N–H and O–H groups in total. The first kappa shape index (κ1) is 22.0. The van der Waals surface area contributed by atoms with E-state index in [1.807, 2.05) is 12.1 Å². The molecule has 9 nitrogen and oxygen atoms in total. The summed E-state index contributed by atoms with van der Waals surface area (Å²) in [5.74, 6) is -1.92. The van der Waals surface area contributed by atoms with Crippen LogP contribution in [0.2, 0.25) is 0 Å². The molecule has 1 aliphatic heterocycles. The van der Waals surface area contributed by atoms with Crippen LogP contribution < -0.4 is 10.4 Å². The largest absolute Gasteiger partial charge is 0.490 e. The van der Waals surface area contributed by atoms with E-state index < -0.39 is 18.1 Å². The molecule has 0 spiro atoms. The summed E-state index contributed by atoms with van der Waals surface area (Å²) >= 11 is 0. The molecular weight excluding hydrogens is 421 g/mol. The van der Waals surface area contributed by atoms with E-state index in [4.69, 9.17) is 19.5 Å². The van der Waals surface area contributed by atoms with Gasteiger partial charge in [0.1, 0.15) is 11.3 Å². The number of carbonyl (C=O) groups is 2. The van der Waals surface area contributed by atoms with Crippen LogP contribution in [0.1, 0.15) is 23.2 Å². The zero-order chi connectivity index (χ0) is 22.6. The number of amides is 1. The number of carboxylic acids is 1. The van der Waals surface area contributed by atoms with Gasteiger partial charge < -0.3 is 14.4 Å². The van der Waals surface area contributed by atoms with E-state index in [1.165, 1.54) is 12.8 Å². The Hall–Kier alpha value is -3.67. The molecule has 164 valence electrons. The van der Waals surface area contributed by atoms with E-state index in [0.29, 0.717) is 22.6 Å². The van der Waals surface area contributed by atoms with Crippen molar-refractivity contribution in [3.8, 4) is 11.5 Å². The van der Waals surface area contributed by atoms with Crippen molar-refractivity contribution in [3.63, 3.8) is 0 Å². The highest BCUT2D eigenvalue weighted by Gasteiger charge is 2.38. The van der Waals surface area contributed by atoms with E-state index in [9.17, 15) is 18.0 Å². The number of aromatic nitrogens is 2. The minimum atomic E-state index is -5.08. The average Bonchev–Trinajstić information content (AvgIpc) is 3.42. The molecule has 0 bridgehead atoms. The number of alkyl halides is 3. The summed E-state index contributed by atoms with van der Waals surface area (Å²) in [6.45, 7) is 2.09. The number of halogens is 3. The van der Waals surface area contributed by atoms with Crippen LogP contribution in [0.25, 0.3) is 22.6 Å². The van der Waals surface area contributed by atoms with Gasteiger partial charge in [-0.15, -0.1) is 0 Å². The molecule has 1 saturated heterocycles. The van der Waals surface area contributed by atoms with Crippen LogP contribution in [0.15, 0.2) is 40.9 Å². The molecule has 0 saturated carbocycles.